The third-order valence-corrected chi connectivity index (χ3v) is 4.51. The van der Waals surface area contributed by atoms with Gasteiger partial charge in [0.2, 0.25) is 10.0 Å². The molecule has 0 fully saturated rings. The Labute approximate surface area is 115 Å². The Hall–Kier alpha value is -0.950. The molecule has 19 heavy (non-hydrogen) atoms. The van der Waals surface area contributed by atoms with Crippen molar-refractivity contribution in [3.8, 4) is 0 Å². The molecular formula is C13H22N2O3S. The van der Waals surface area contributed by atoms with Gasteiger partial charge in [0, 0.05) is 20.1 Å². The van der Waals surface area contributed by atoms with Crippen molar-refractivity contribution in [1.82, 2.24) is 9.21 Å². The maximum absolute atomic E-state index is 12.1. The summed E-state index contributed by atoms with van der Waals surface area (Å²) in [6.07, 6.45) is -0.689. The van der Waals surface area contributed by atoms with Crippen molar-refractivity contribution >= 4 is 10.0 Å². The molecule has 0 aromatic heterocycles. The minimum atomic E-state index is -3.39. The fourth-order valence-electron chi connectivity index (χ4n) is 1.78. The summed E-state index contributed by atoms with van der Waals surface area (Å²) in [6, 6.07) is 9.03. The highest BCUT2D eigenvalue weighted by molar-refractivity contribution is 7.88. The van der Waals surface area contributed by atoms with E-state index in [1.165, 1.54) is 11.4 Å². The van der Waals surface area contributed by atoms with Gasteiger partial charge in [0.25, 0.3) is 0 Å². The molecule has 0 saturated heterocycles. The van der Waals surface area contributed by atoms with Crippen molar-refractivity contribution in [3.63, 3.8) is 0 Å². The number of rotatable bonds is 7. The summed E-state index contributed by atoms with van der Waals surface area (Å²) in [5, 5.41) is 9.77. The van der Waals surface area contributed by atoms with Gasteiger partial charge in [0.15, 0.2) is 0 Å². The number of hydrogen-bond donors (Lipinski definition) is 1. The highest BCUT2D eigenvalue weighted by Crippen LogP contribution is 2.09. The summed E-state index contributed by atoms with van der Waals surface area (Å²) < 4.78 is 25.5. The van der Waals surface area contributed by atoms with Crippen LogP contribution in [0.4, 0.5) is 0 Å². The molecule has 0 bridgehead atoms. The molecule has 1 aromatic carbocycles. The number of benzene rings is 1. The molecule has 0 unspecified atom stereocenters. The zero-order valence-electron chi connectivity index (χ0n) is 11.7. The Morgan fingerprint density at radius 1 is 1.11 bits per heavy atom. The Morgan fingerprint density at radius 2 is 1.68 bits per heavy atom. The third kappa shape index (κ3) is 5.69. The molecule has 108 valence electrons. The van der Waals surface area contributed by atoms with E-state index < -0.39 is 16.1 Å². The van der Waals surface area contributed by atoms with Gasteiger partial charge in [-0.2, -0.15) is 0 Å². The maximum atomic E-state index is 12.1. The van der Waals surface area contributed by atoms with E-state index in [4.69, 9.17) is 0 Å². The van der Waals surface area contributed by atoms with Crippen molar-refractivity contribution < 1.29 is 13.5 Å². The highest BCUT2D eigenvalue weighted by atomic mass is 32.2. The van der Waals surface area contributed by atoms with Crippen LogP contribution in [0.1, 0.15) is 5.56 Å². The third-order valence-electron chi connectivity index (χ3n) is 2.71. The highest BCUT2D eigenvalue weighted by Gasteiger charge is 2.21. The van der Waals surface area contributed by atoms with Crippen LogP contribution in [0.3, 0.4) is 0 Å². The second-order valence-electron chi connectivity index (χ2n) is 4.94. The summed E-state index contributed by atoms with van der Waals surface area (Å²) in [7, 11) is 1.78. The largest absolute Gasteiger partial charge is 0.390 e. The van der Waals surface area contributed by atoms with Crippen molar-refractivity contribution in [2.75, 3.05) is 34.2 Å². The average molecular weight is 286 g/mol. The molecular weight excluding hydrogens is 264 g/mol. The molecule has 0 heterocycles. The quantitative estimate of drug-likeness (QED) is 0.787. The van der Waals surface area contributed by atoms with Crippen molar-refractivity contribution in [2.45, 2.75) is 11.9 Å². The standard InChI is InChI=1S/C13H22N2O3S/c1-14(2)9-13(16)10-15(3)19(17,18)11-12-7-5-4-6-8-12/h4-8,13,16H,9-11H2,1-3H3/t13-/m0/s1. The lowest BCUT2D eigenvalue weighted by Gasteiger charge is -2.22. The first-order valence-corrected chi connectivity index (χ1v) is 7.73. The normalized spacial score (nSPS) is 14.0. The number of hydrogen-bond acceptors (Lipinski definition) is 4. The predicted molar refractivity (Wildman–Crippen MR) is 76.3 cm³/mol. The molecule has 1 atom stereocenters. The molecule has 0 aliphatic heterocycles. The molecule has 5 nitrogen and oxygen atoms in total. The SMILES string of the molecule is CN(C)C[C@H](O)CN(C)S(=O)(=O)Cc1ccccc1. The fraction of sp³-hybridized carbons (Fsp3) is 0.538. The van der Waals surface area contributed by atoms with Gasteiger partial charge in [0.1, 0.15) is 0 Å². The summed E-state index contributed by atoms with van der Waals surface area (Å²) in [5.74, 6) is -0.0426. The lowest BCUT2D eigenvalue weighted by molar-refractivity contribution is 0.120. The van der Waals surface area contributed by atoms with Gasteiger partial charge < -0.3 is 10.0 Å². The van der Waals surface area contributed by atoms with E-state index >= 15 is 0 Å². The molecule has 0 amide bonds. The van der Waals surface area contributed by atoms with E-state index in [2.05, 4.69) is 0 Å². The number of sulfonamides is 1. The van der Waals surface area contributed by atoms with Crippen LogP contribution in [0.5, 0.6) is 0 Å². The van der Waals surface area contributed by atoms with E-state index in [1.54, 1.807) is 12.1 Å². The predicted octanol–water partition coefficient (Wildman–Crippen LogP) is 0.371. The van der Waals surface area contributed by atoms with Crippen LogP contribution < -0.4 is 0 Å². The second kappa shape index (κ2) is 7.00. The Morgan fingerprint density at radius 3 is 2.21 bits per heavy atom. The van der Waals surface area contributed by atoms with Gasteiger partial charge in [-0.3, -0.25) is 0 Å². The number of aliphatic hydroxyl groups excluding tert-OH is 1. The van der Waals surface area contributed by atoms with Crippen molar-refractivity contribution in [1.29, 1.82) is 0 Å². The monoisotopic (exact) mass is 286 g/mol. The summed E-state index contributed by atoms with van der Waals surface area (Å²) in [5.41, 5.74) is 0.747. The molecule has 1 N–H and O–H groups in total. The molecule has 0 radical (unpaired) electrons. The summed E-state index contributed by atoms with van der Waals surface area (Å²) in [6.45, 7) is 0.540. The lowest BCUT2D eigenvalue weighted by Crippen LogP contribution is -2.39. The molecule has 0 aliphatic rings. The van der Waals surface area contributed by atoms with E-state index in [1.807, 2.05) is 37.2 Å². The van der Waals surface area contributed by atoms with Crippen molar-refractivity contribution in [2.24, 2.45) is 0 Å². The maximum Gasteiger partial charge on any atom is 0.218 e. The lowest BCUT2D eigenvalue weighted by atomic mass is 10.2. The first kappa shape index (κ1) is 16.1. The van der Waals surface area contributed by atoms with E-state index in [0.717, 1.165) is 5.56 Å². The first-order valence-electron chi connectivity index (χ1n) is 6.12. The molecule has 1 rings (SSSR count). The van der Waals surface area contributed by atoms with Gasteiger partial charge >= 0.3 is 0 Å². The van der Waals surface area contributed by atoms with Gasteiger partial charge in [-0.25, -0.2) is 12.7 Å². The van der Waals surface area contributed by atoms with Crippen LogP contribution in [0.25, 0.3) is 0 Å². The van der Waals surface area contributed by atoms with Crippen LogP contribution in [0.2, 0.25) is 0 Å². The zero-order valence-corrected chi connectivity index (χ0v) is 12.5. The Bertz CT molecular complexity index is 474. The molecule has 0 aliphatic carbocycles. The Balaban J connectivity index is 2.62. The van der Waals surface area contributed by atoms with E-state index in [0.29, 0.717) is 6.54 Å². The zero-order chi connectivity index (χ0) is 14.5. The number of aliphatic hydroxyl groups is 1. The summed E-state index contributed by atoms with van der Waals surface area (Å²) in [4.78, 5) is 1.82. The number of likely N-dealkylation sites (N-methyl/N-ethyl adjacent to an activating group) is 2. The van der Waals surface area contributed by atoms with E-state index in [-0.39, 0.29) is 12.3 Å². The smallest absolute Gasteiger partial charge is 0.218 e. The fourth-order valence-corrected chi connectivity index (χ4v) is 3.02. The number of nitrogens with zero attached hydrogens (tertiary/aromatic N) is 2. The molecule has 0 saturated carbocycles. The molecule has 0 spiro atoms. The van der Waals surface area contributed by atoms with Crippen LogP contribution in [-0.2, 0) is 15.8 Å². The minimum absolute atomic E-state index is 0.0426. The van der Waals surface area contributed by atoms with Gasteiger partial charge in [0.05, 0.1) is 11.9 Å². The average Bonchev–Trinajstić information content (AvgIpc) is 2.28. The van der Waals surface area contributed by atoms with Crippen molar-refractivity contribution in [3.05, 3.63) is 35.9 Å². The van der Waals surface area contributed by atoms with Gasteiger partial charge in [-0.15, -0.1) is 0 Å². The van der Waals surface area contributed by atoms with Gasteiger partial charge in [-0.05, 0) is 19.7 Å². The van der Waals surface area contributed by atoms with Gasteiger partial charge in [-0.1, -0.05) is 30.3 Å². The summed E-state index contributed by atoms with van der Waals surface area (Å²) >= 11 is 0. The van der Waals surface area contributed by atoms with E-state index in [9.17, 15) is 13.5 Å². The molecule has 6 heteroatoms. The van der Waals surface area contributed by atoms with Crippen LogP contribution in [0.15, 0.2) is 30.3 Å². The Kier molecular flexibility index (Phi) is 5.93. The topological polar surface area (TPSA) is 60.9 Å². The van der Waals surface area contributed by atoms with Crippen LogP contribution >= 0.6 is 0 Å². The van der Waals surface area contributed by atoms with Crippen LogP contribution in [0, 0.1) is 0 Å². The second-order valence-corrected chi connectivity index (χ2v) is 7.01. The first-order chi connectivity index (χ1) is 8.81. The van der Waals surface area contributed by atoms with Crippen LogP contribution in [-0.4, -0.2) is 63.1 Å². The minimum Gasteiger partial charge on any atom is -0.390 e. The molecule has 1 aromatic rings.